The molecule has 29 heavy (non-hydrogen) atoms. The third-order valence-electron chi connectivity index (χ3n) is 4.53. The fourth-order valence-corrected chi connectivity index (χ4v) is 3.37. The van der Waals surface area contributed by atoms with Crippen molar-refractivity contribution < 1.29 is 19.2 Å². The minimum absolute atomic E-state index is 0.240. The fraction of sp³-hybridized carbons (Fsp3) is 0.200. The maximum absolute atomic E-state index is 12.8. The van der Waals surface area contributed by atoms with Gasteiger partial charge in [-0.1, -0.05) is 58.4 Å². The van der Waals surface area contributed by atoms with Crippen LogP contribution in [0.5, 0.6) is 0 Å². The number of carbonyl (C=O) groups is 4. The molecule has 0 radical (unpaired) electrons. The lowest BCUT2D eigenvalue weighted by atomic mass is 9.92. The molecule has 8 nitrogen and oxygen atoms in total. The number of carbonyl (C=O) groups excluding carboxylic acids is 4. The first-order chi connectivity index (χ1) is 13.8. The van der Waals surface area contributed by atoms with Crippen LogP contribution in [0.15, 0.2) is 59.1 Å². The van der Waals surface area contributed by atoms with Gasteiger partial charge in [-0.3, -0.25) is 19.8 Å². The Morgan fingerprint density at radius 3 is 2.52 bits per heavy atom. The van der Waals surface area contributed by atoms with Gasteiger partial charge in [-0.25, -0.2) is 9.59 Å². The highest BCUT2D eigenvalue weighted by Crippen LogP contribution is 2.30. The summed E-state index contributed by atoms with van der Waals surface area (Å²) in [5.41, 5.74) is 0.152. The molecule has 0 spiro atoms. The number of hydrogen-bond acceptors (Lipinski definition) is 4. The highest BCUT2D eigenvalue weighted by molar-refractivity contribution is 9.10. The maximum atomic E-state index is 12.8. The zero-order valence-electron chi connectivity index (χ0n) is 15.6. The van der Waals surface area contributed by atoms with Gasteiger partial charge < -0.3 is 10.6 Å². The van der Waals surface area contributed by atoms with Crippen molar-refractivity contribution in [2.45, 2.75) is 19.0 Å². The summed E-state index contributed by atoms with van der Waals surface area (Å²) in [6.07, 6.45) is 0. The van der Waals surface area contributed by atoms with E-state index in [4.69, 9.17) is 0 Å². The molecule has 1 saturated heterocycles. The molecule has 2 aromatic carbocycles. The summed E-state index contributed by atoms with van der Waals surface area (Å²) >= 11 is 3.34. The van der Waals surface area contributed by atoms with E-state index in [1.807, 2.05) is 30.3 Å². The fourth-order valence-electron chi connectivity index (χ4n) is 2.97. The number of imide groups is 2. The lowest BCUT2D eigenvalue weighted by molar-refractivity contribution is -0.134. The largest absolute Gasteiger partial charge is 0.334 e. The van der Waals surface area contributed by atoms with Crippen LogP contribution in [0.1, 0.15) is 18.1 Å². The molecule has 1 fully saturated rings. The van der Waals surface area contributed by atoms with Gasteiger partial charge in [-0.15, -0.1) is 0 Å². The van der Waals surface area contributed by atoms with E-state index in [0.717, 1.165) is 14.9 Å². The quantitative estimate of drug-likeness (QED) is 0.597. The zero-order valence-corrected chi connectivity index (χ0v) is 17.2. The van der Waals surface area contributed by atoms with Crippen LogP contribution in [0.25, 0.3) is 0 Å². The number of hydrogen-bond donors (Lipinski definition) is 3. The van der Waals surface area contributed by atoms with Gasteiger partial charge >= 0.3 is 12.1 Å². The second kappa shape index (κ2) is 8.44. The number of halogens is 1. The van der Waals surface area contributed by atoms with Crippen molar-refractivity contribution in [1.29, 1.82) is 0 Å². The molecule has 2 aromatic rings. The Hall–Kier alpha value is -3.20. The van der Waals surface area contributed by atoms with Crippen molar-refractivity contribution in [2.75, 3.05) is 6.54 Å². The Labute approximate surface area is 175 Å². The van der Waals surface area contributed by atoms with Crippen LogP contribution in [-0.4, -0.2) is 35.3 Å². The van der Waals surface area contributed by atoms with E-state index in [0.29, 0.717) is 5.56 Å². The molecule has 1 aliphatic heterocycles. The Bertz CT molecular complexity index is 966. The van der Waals surface area contributed by atoms with Gasteiger partial charge in [0.15, 0.2) is 0 Å². The summed E-state index contributed by atoms with van der Waals surface area (Å²) in [6.45, 7) is 1.25. The van der Waals surface area contributed by atoms with Gasteiger partial charge in [-0.05, 0) is 30.2 Å². The topological polar surface area (TPSA) is 108 Å². The molecule has 0 saturated carbocycles. The number of nitrogens with one attached hydrogen (secondary N) is 3. The minimum atomic E-state index is -1.29. The Kier molecular flexibility index (Phi) is 5.97. The third kappa shape index (κ3) is 4.62. The predicted octanol–water partition coefficient (Wildman–Crippen LogP) is 2.24. The summed E-state index contributed by atoms with van der Waals surface area (Å²) in [6, 6.07) is 14.8. The molecule has 0 aliphatic carbocycles. The molecule has 0 aromatic heterocycles. The van der Waals surface area contributed by atoms with Crippen molar-refractivity contribution in [2.24, 2.45) is 0 Å². The molecule has 1 unspecified atom stereocenters. The van der Waals surface area contributed by atoms with E-state index in [1.165, 1.54) is 0 Å². The lowest BCUT2D eigenvalue weighted by Gasteiger charge is -2.22. The average molecular weight is 459 g/mol. The summed E-state index contributed by atoms with van der Waals surface area (Å²) < 4.78 is 0.754. The van der Waals surface area contributed by atoms with Crippen molar-refractivity contribution in [3.63, 3.8) is 0 Å². The second-order valence-corrected chi connectivity index (χ2v) is 7.59. The van der Waals surface area contributed by atoms with Gasteiger partial charge in [0.25, 0.3) is 5.91 Å². The van der Waals surface area contributed by atoms with Crippen molar-refractivity contribution in [3.8, 4) is 0 Å². The highest BCUT2D eigenvalue weighted by Gasteiger charge is 2.49. The van der Waals surface area contributed by atoms with Crippen molar-refractivity contribution in [1.82, 2.24) is 20.9 Å². The van der Waals surface area contributed by atoms with Crippen LogP contribution >= 0.6 is 15.9 Å². The summed E-state index contributed by atoms with van der Waals surface area (Å²) in [7, 11) is 0. The van der Waals surface area contributed by atoms with Gasteiger partial charge in [-0.2, -0.15) is 0 Å². The number of amides is 6. The van der Waals surface area contributed by atoms with Gasteiger partial charge in [0.05, 0.1) is 0 Å². The molecular formula is C20H19BrN4O4. The Balaban J connectivity index is 1.59. The van der Waals surface area contributed by atoms with E-state index < -0.39 is 36.0 Å². The van der Waals surface area contributed by atoms with Crippen molar-refractivity contribution >= 4 is 39.8 Å². The van der Waals surface area contributed by atoms with Crippen LogP contribution in [0.2, 0.25) is 0 Å². The number of benzene rings is 2. The average Bonchev–Trinajstić information content (AvgIpc) is 2.91. The summed E-state index contributed by atoms with van der Waals surface area (Å²) in [5, 5.41) is 7.28. The predicted molar refractivity (Wildman–Crippen MR) is 109 cm³/mol. The normalized spacial score (nSPS) is 18.3. The maximum Gasteiger partial charge on any atom is 0.325 e. The lowest BCUT2D eigenvalue weighted by Crippen LogP contribution is -2.46. The van der Waals surface area contributed by atoms with E-state index >= 15 is 0 Å². The number of rotatable bonds is 5. The highest BCUT2D eigenvalue weighted by atomic mass is 79.9. The first-order valence-electron chi connectivity index (χ1n) is 8.81. The molecular weight excluding hydrogens is 440 g/mol. The van der Waals surface area contributed by atoms with Gasteiger partial charge in [0.2, 0.25) is 5.91 Å². The zero-order chi connectivity index (χ0) is 21.0. The van der Waals surface area contributed by atoms with Gasteiger partial charge in [0.1, 0.15) is 12.1 Å². The molecule has 6 amide bonds. The van der Waals surface area contributed by atoms with Crippen LogP contribution in [0, 0.1) is 0 Å². The van der Waals surface area contributed by atoms with Gasteiger partial charge in [0, 0.05) is 11.0 Å². The summed E-state index contributed by atoms with van der Waals surface area (Å²) in [5.74, 6) is -1.34. The monoisotopic (exact) mass is 458 g/mol. The second-order valence-electron chi connectivity index (χ2n) is 6.67. The van der Waals surface area contributed by atoms with Crippen LogP contribution in [0.4, 0.5) is 9.59 Å². The van der Waals surface area contributed by atoms with Crippen LogP contribution in [-0.2, 0) is 21.7 Å². The van der Waals surface area contributed by atoms with E-state index in [2.05, 4.69) is 31.9 Å². The molecule has 9 heteroatoms. The molecule has 1 aliphatic rings. The number of nitrogens with zero attached hydrogens (tertiary/aromatic N) is 1. The molecule has 1 heterocycles. The Morgan fingerprint density at radius 2 is 1.83 bits per heavy atom. The van der Waals surface area contributed by atoms with Crippen LogP contribution < -0.4 is 16.0 Å². The van der Waals surface area contributed by atoms with Crippen molar-refractivity contribution in [3.05, 3.63) is 70.2 Å². The minimum Gasteiger partial charge on any atom is -0.334 e. The van der Waals surface area contributed by atoms with E-state index in [9.17, 15) is 19.2 Å². The SMILES string of the molecule is CC1(c2cccc(Br)c2)NC(=O)N(CC(=O)NC(=O)NCc2ccccc2)C1=O. The first kappa shape index (κ1) is 20.5. The molecule has 150 valence electrons. The van der Waals surface area contributed by atoms with E-state index in [-0.39, 0.29) is 6.54 Å². The first-order valence-corrected chi connectivity index (χ1v) is 9.60. The van der Waals surface area contributed by atoms with Crippen LogP contribution in [0.3, 0.4) is 0 Å². The smallest absolute Gasteiger partial charge is 0.325 e. The summed E-state index contributed by atoms with van der Waals surface area (Å²) in [4.78, 5) is 50.0. The Morgan fingerprint density at radius 1 is 1.10 bits per heavy atom. The molecule has 3 rings (SSSR count). The number of urea groups is 2. The third-order valence-corrected chi connectivity index (χ3v) is 5.02. The molecule has 3 N–H and O–H groups in total. The standard InChI is InChI=1S/C20H19BrN4O4/c1-20(14-8-5-9-15(21)10-14)17(27)25(19(29)24-20)12-16(26)23-18(28)22-11-13-6-3-2-4-7-13/h2-10H,11-12H2,1H3,(H,24,29)(H2,22,23,26,28). The van der Waals surface area contributed by atoms with E-state index in [1.54, 1.807) is 31.2 Å². The molecule has 0 bridgehead atoms. The molecule has 1 atom stereocenters.